The zero-order valence-corrected chi connectivity index (χ0v) is 10.4. The second-order valence-electron chi connectivity index (χ2n) is 3.41. The smallest absolute Gasteiger partial charge is 0.217 e. The highest BCUT2D eigenvalue weighted by Crippen LogP contribution is 2.26. The summed E-state index contributed by atoms with van der Waals surface area (Å²) in [7, 11) is 0. The average Bonchev–Trinajstić information content (AvgIpc) is 2.18. The zero-order chi connectivity index (χ0) is 12.3. The van der Waals surface area contributed by atoms with Gasteiger partial charge in [-0.3, -0.25) is 9.59 Å². The van der Waals surface area contributed by atoms with Crippen LogP contribution in [0.4, 0.5) is 0 Å². The molecule has 86 valence electrons. The molecule has 0 saturated heterocycles. The van der Waals surface area contributed by atoms with Crippen molar-refractivity contribution in [3.05, 3.63) is 33.8 Å². The molecule has 1 unspecified atom stereocenters. The SMILES string of the molecule is CC(=O)NC(C(C)=O)c1cc(Cl)ccc1Cl. The number of benzene rings is 1. The molecule has 16 heavy (non-hydrogen) atoms. The minimum absolute atomic E-state index is 0.195. The Labute approximate surface area is 104 Å². The van der Waals surface area contributed by atoms with E-state index in [1.165, 1.54) is 13.8 Å². The van der Waals surface area contributed by atoms with E-state index in [-0.39, 0.29) is 11.7 Å². The fourth-order valence-electron chi connectivity index (χ4n) is 1.34. The van der Waals surface area contributed by atoms with Crippen molar-refractivity contribution in [1.29, 1.82) is 0 Å². The molecule has 0 aliphatic rings. The molecular formula is C11H11Cl2NO2. The van der Waals surface area contributed by atoms with Gasteiger partial charge < -0.3 is 5.32 Å². The lowest BCUT2D eigenvalue weighted by molar-refractivity contribution is -0.125. The van der Waals surface area contributed by atoms with Crippen LogP contribution in [0.25, 0.3) is 0 Å². The highest BCUT2D eigenvalue weighted by Gasteiger charge is 2.20. The first-order chi connectivity index (χ1) is 7.41. The first-order valence-electron chi connectivity index (χ1n) is 4.64. The molecule has 1 amide bonds. The number of carbonyl (C=O) groups is 2. The summed E-state index contributed by atoms with van der Waals surface area (Å²) in [5.74, 6) is -0.490. The van der Waals surface area contributed by atoms with Crippen LogP contribution in [-0.4, -0.2) is 11.7 Å². The lowest BCUT2D eigenvalue weighted by atomic mass is 10.0. The van der Waals surface area contributed by atoms with E-state index in [1.54, 1.807) is 18.2 Å². The van der Waals surface area contributed by atoms with Gasteiger partial charge in [0.15, 0.2) is 5.78 Å². The van der Waals surface area contributed by atoms with Crippen LogP contribution in [0, 0.1) is 0 Å². The topological polar surface area (TPSA) is 46.2 Å². The number of halogens is 2. The van der Waals surface area contributed by atoms with E-state index in [1.807, 2.05) is 0 Å². The Morgan fingerprint density at radius 1 is 1.25 bits per heavy atom. The summed E-state index contributed by atoms with van der Waals surface area (Å²) in [5, 5.41) is 3.40. The standard InChI is InChI=1S/C11H11Cl2NO2/c1-6(15)11(14-7(2)16)9-5-8(12)3-4-10(9)13/h3-5,11H,1-2H3,(H,14,16). The van der Waals surface area contributed by atoms with Gasteiger partial charge in [-0.2, -0.15) is 0 Å². The third kappa shape index (κ3) is 3.22. The first kappa shape index (κ1) is 13.0. The molecule has 5 heteroatoms. The molecule has 0 aromatic heterocycles. The van der Waals surface area contributed by atoms with Crippen LogP contribution < -0.4 is 5.32 Å². The molecule has 1 aromatic carbocycles. The lowest BCUT2D eigenvalue weighted by Crippen LogP contribution is -2.31. The van der Waals surface area contributed by atoms with E-state index in [2.05, 4.69) is 5.32 Å². The van der Waals surface area contributed by atoms with Crippen molar-refractivity contribution in [3.8, 4) is 0 Å². The molecular weight excluding hydrogens is 249 g/mol. The van der Waals surface area contributed by atoms with E-state index in [4.69, 9.17) is 23.2 Å². The number of ketones is 1. The van der Waals surface area contributed by atoms with Crippen LogP contribution >= 0.6 is 23.2 Å². The van der Waals surface area contributed by atoms with E-state index in [0.29, 0.717) is 15.6 Å². The number of amides is 1. The number of hydrogen-bond donors (Lipinski definition) is 1. The molecule has 1 N–H and O–H groups in total. The van der Waals surface area contributed by atoms with E-state index < -0.39 is 6.04 Å². The maximum absolute atomic E-state index is 11.4. The molecule has 1 atom stereocenters. The molecule has 0 bridgehead atoms. The zero-order valence-electron chi connectivity index (χ0n) is 8.88. The van der Waals surface area contributed by atoms with E-state index >= 15 is 0 Å². The van der Waals surface area contributed by atoms with Gasteiger partial charge in [-0.15, -0.1) is 0 Å². The quantitative estimate of drug-likeness (QED) is 0.908. The van der Waals surface area contributed by atoms with Crippen molar-refractivity contribution in [2.24, 2.45) is 0 Å². The van der Waals surface area contributed by atoms with Gasteiger partial charge in [0.2, 0.25) is 5.91 Å². The van der Waals surface area contributed by atoms with E-state index in [9.17, 15) is 9.59 Å². The average molecular weight is 260 g/mol. The normalized spacial score (nSPS) is 12.0. The van der Waals surface area contributed by atoms with Crippen LogP contribution in [0.2, 0.25) is 10.0 Å². The molecule has 1 rings (SSSR count). The summed E-state index contributed by atoms with van der Waals surface area (Å²) >= 11 is 11.8. The molecule has 0 heterocycles. The van der Waals surface area contributed by atoms with Gasteiger partial charge in [-0.05, 0) is 25.1 Å². The van der Waals surface area contributed by atoms with Crippen molar-refractivity contribution in [2.45, 2.75) is 19.9 Å². The molecule has 0 radical (unpaired) electrons. The Morgan fingerprint density at radius 3 is 2.38 bits per heavy atom. The van der Waals surface area contributed by atoms with Crippen LogP contribution in [-0.2, 0) is 9.59 Å². The predicted molar refractivity (Wildman–Crippen MR) is 63.7 cm³/mol. The summed E-state index contributed by atoms with van der Waals surface area (Å²) < 4.78 is 0. The molecule has 0 fully saturated rings. The molecule has 0 spiro atoms. The lowest BCUT2D eigenvalue weighted by Gasteiger charge is -2.16. The summed E-state index contributed by atoms with van der Waals surface area (Å²) in [4.78, 5) is 22.4. The highest BCUT2D eigenvalue weighted by molar-refractivity contribution is 6.33. The number of nitrogens with one attached hydrogen (secondary N) is 1. The Kier molecular flexibility index (Phi) is 4.33. The summed E-state index contributed by atoms with van der Waals surface area (Å²) in [6.45, 7) is 2.73. The maximum atomic E-state index is 11.4. The maximum Gasteiger partial charge on any atom is 0.217 e. The Morgan fingerprint density at radius 2 is 1.88 bits per heavy atom. The Balaban J connectivity index is 3.14. The molecule has 0 aliphatic carbocycles. The van der Waals surface area contributed by atoms with Crippen molar-refractivity contribution in [1.82, 2.24) is 5.32 Å². The van der Waals surface area contributed by atoms with Crippen molar-refractivity contribution < 1.29 is 9.59 Å². The fourth-order valence-corrected chi connectivity index (χ4v) is 1.74. The van der Waals surface area contributed by atoms with Gasteiger partial charge >= 0.3 is 0 Å². The predicted octanol–water partition coefficient (Wildman–Crippen LogP) is 2.76. The van der Waals surface area contributed by atoms with Gasteiger partial charge in [-0.25, -0.2) is 0 Å². The minimum atomic E-state index is -0.747. The monoisotopic (exact) mass is 259 g/mol. The number of carbonyl (C=O) groups excluding carboxylic acids is 2. The minimum Gasteiger partial charge on any atom is -0.342 e. The van der Waals surface area contributed by atoms with Crippen LogP contribution in [0.5, 0.6) is 0 Å². The molecule has 0 saturated carbocycles. The van der Waals surface area contributed by atoms with Crippen molar-refractivity contribution in [2.75, 3.05) is 0 Å². The summed E-state index contributed by atoms with van der Waals surface area (Å²) in [6, 6.07) is 4.05. The Bertz CT molecular complexity index is 432. The van der Waals surface area contributed by atoms with Crippen molar-refractivity contribution >= 4 is 34.9 Å². The van der Waals surface area contributed by atoms with Crippen molar-refractivity contribution in [3.63, 3.8) is 0 Å². The highest BCUT2D eigenvalue weighted by atomic mass is 35.5. The number of rotatable bonds is 3. The van der Waals surface area contributed by atoms with E-state index in [0.717, 1.165) is 0 Å². The van der Waals surface area contributed by atoms with Gasteiger partial charge in [0.1, 0.15) is 6.04 Å². The number of hydrogen-bond acceptors (Lipinski definition) is 2. The summed E-state index contributed by atoms with van der Waals surface area (Å²) in [6.07, 6.45) is 0. The van der Waals surface area contributed by atoms with Gasteiger partial charge in [0, 0.05) is 22.5 Å². The molecule has 1 aromatic rings. The largest absolute Gasteiger partial charge is 0.342 e. The summed E-state index contributed by atoms with van der Waals surface area (Å²) in [5.41, 5.74) is 0.511. The third-order valence-corrected chi connectivity index (χ3v) is 2.60. The van der Waals surface area contributed by atoms with Crippen LogP contribution in [0.3, 0.4) is 0 Å². The third-order valence-electron chi connectivity index (χ3n) is 2.02. The fraction of sp³-hybridized carbons (Fsp3) is 0.273. The van der Waals surface area contributed by atoms with Crippen LogP contribution in [0.1, 0.15) is 25.5 Å². The van der Waals surface area contributed by atoms with Crippen LogP contribution in [0.15, 0.2) is 18.2 Å². The molecule has 3 nitrogen and oxygen atoms in total. The van der Waals surface area contributed by atoms with Gasteiger partial charge in [-0.1, -0.05) is 23.2 Å². The second-order valence-corrected chi connectivity index (χ2v) is 4.25. The number of Topliss-reactive ketones (excluding diaryl/α,β-unsaturated/α-hetero) is 1. The first-order valence-corrected chi connectivity index (χ1v) is 5.40. The second kappa shape index (κ2) is 5.32. The van der Waals surface area contributed by atoms with Gasteiger partial charge in [0.05, 0.1) is 0 Å². The Hall–Kier alpha value is -1.06. The molecule has 0 aliphatic heterocycles. The van der Waals surface area contributed by atoms with Gasteiger partial charge in [0.25, 0.3) is 0 Å².